The van der Waals surface area contributed by atoms with Gasteiger partial charge in [-0.1, -0.05) is 30.3 Å². The van der Waals surface area contributed by atoms with Gasteiger partial charge >= 0.3 is 0 Å². The van der Waals surface area contributed by atoms with Crippen LogP contribution in [0.1, 0.15) is 73.4 Å². The lowest BCUT2D eigenvalue weighted by Crippen LogP contribution is -2.45. The fourth-order valence-corrected chi connectivity index (χ4v) is 7.82. The van der Waals surface area contributed by atoms with Crippen LogP contribution in [0.15, 0.2) is 55.1 Å². The van der Waals surface area contributed by atoms with E-state index < -0.39 is 32.5 Å². The second-order valence-electron chi connectivity index (χ2n) is 10.0. The third-order valence-corrected chi connectivity index (χ3v) is 10.2. The molecule has 1 N–H and O–H groups in total. The molecule has 1 aromatic heterocycles. The molecule has 10 heteroatoms. The maximum Gasteiger partial charge on any atom is 0.221 e. The molecule has 7 nitrogen and oxygen atoms in total. The highest BCUT2D eigenvalue weighted by Crippen LogP contribution is 2.43. The van der Waals surface area contributed by atoms with Crippen molar-refractivity contribution in [3.8, 4) is 0 Å². The molecule has 0 radical (unpaired) electrons. The summed E-state index contributed by atoms with van der Waals surface area (Å²) in [6.45, 7) is 1.53. The topological polar surface area (TPSA) is 88.3 Å². The van der Waals surface area contributed by atoms with Crippen molar-refractivity contribution in [1.29, 1.82) is 0 Å². The Kier molecular flexibility index (Phi) is 6.69. The van der Waals surface area contributed by atoms with Crippen molar-refractivity contribution in [2.45, 2.75) is 74.9 Å². The van der Waals surface area contributed by atoms with E-state index in [1.807, 2.05) is 10.6 Å². The summed E-state index contributed by atoms with van der Waals surface area (Å²) < 4.78 is 60.7. The van der Waals surface area contributed by atoms with Crippen LogP contribution in [0.4, 0.5) is 8.78 Å². The average Bonchev–Trinajstić information content (AvgIpc) is 3.39. The van der Waals surface area contributed by atoms with Crippen molar-refractivity contribution in [3.63, 3.8) is 0 Å². The molecule has 2 heterocycles. The molecule has 2 fully saturated rings. The molecular weight excluding hydrogens is 486 g/mol. The van der Waals surface area contributed by atoms with Gasteiger partial charge in [-0.05, 0) is 63.1 Å². The van der Waals surface area contributed by atoms with Gasteiger partial charge in [0.1, 0.15) is 29.5 Å². The van der Waals surface area contributed by atoms with Gasteiger partial charge in [0.15, 0.2) is 0 Å². The first kappa shape index (κ1) is 25.0. The van der Waals surface area contributed by atoms with Gasteiger partial charge in [0, 0.05) is 29.8 Å². The minimum atomic E-state index is -3.78. The van der Waals surface area contributed by atoms with Gasteiger partial charge < -0.3 is 9.67 Å². The van der Waals surface area contributed by atoms with Crippen LogP contribution in [0.3, 0.4) is 0 Å². The first-order chi connectivity index (χ1) is 17.2. The zero-order valence-electron chi connectivity index (χ0n) is 20.1. The van der Waals surface area contributed by atoms with E-state index in [1.54, 1.807) is 43.8 Å². The summed E-state index contributed by atoms with van der Waals surface area (Å²) >= 11 is 0. The van der Waals surface area contributed by atoms with Crippen LogP contribution in [0.25, 0.3) is 0 Å². The van der Waals surface area contributed by atoms with Crippen LogP contribution >= 0.6 is 0 Å². The normalized spacial score (nSPS) is 28.7. The molecule has 3 aromatic rings. The molecule has 192 valence electrons. The van der Waals surface area contributed by atoms with E-state index in [4.69, 9.17) is 0 Å². The van der Waals surface area contributed by atoms with Crippen LogP contribution in [-0.4, -0.2) is 38.6 Å². The van der Waals surface area contributed by atoms with Gasteiger partial charge in [-0.15, -0.1) is 10.2 Å². The molecule has 1 aliphatic carbocycles. The van der Waals surface area contributed by atoms with E-state index in [1.165, 1.54) is 4.31 Å². The van der Waals surface area contributed by atoms with Crippen LogP contribution in [0, 0.1) is 11.6 Å². The van der Waals surface area contributed by atoms with Gasteiger partial charge in [0.25, 0.3) is 0 Å². The summed E-state index contributed by atoms with van der Waals surface area (Å²) in [6, 6.07) is 10.8. The lowest BCUT2D eigenvalue weighted by atomic mass is 9.77. The molecule has 0 unspecified atom stereocenters. The molecule has 2 atom stereocenters. The standard InChI is InChI=1S/C26H30F2N4O3S/c1-18-7-8-25(19-5-3-2-4-6-19)36(34,35)32(18)15-20-13-24(28)22(14-23(20)27)26(33)11-9-21(10-12-26)31-16-29-30-17-31/h2-6,13-14,16-18,21,25,33H,7-12,15H2,1H3/t18-,21-,25+,26-/m0/s1. The van der Waals surface area contributed by atoms with Gasteiger partial charge in [0.2, 0.25) is 10.0 Å². The minimum Gasteiger partial charge on any atom is -0.385 e. The zero-order valence-corrected chi connectivity index (χ0v) is 20.9. The Bertz CT molecular complexity index is 1310. The monoisotopic (exact) mass is 516 g/mol. The number of nitrogens with zero attached hydrogens (tertiary/aromatic N) is 4. The van der Waals surface area contributed by atoms with E-state index >= 15 is 8.78 Å². The summed E-state index contributed by atoms with van der Waals surface area (Å²) in [5.74, 6) is -1.44. The maximum atomic E-state index is 15.3. The Morgan fingerprint density at radius 3 is 2.33 bits per heavy atom. The zero-order chi connectivity index (χ0) is 25.5. The molecule has 2 aromatic carbocycles. The smallest absolute Gasteiger partial charge is 0.221 e. The molecule has 2 aliphatic rings. The molecule has 0 bridgehead atoms. The highest BCUT2D eigenvalue weighted by Gasteiger charge is 2.42. The predicted molar refractivity (Wildman–Crippen MR) is 130 cm³/mol. The van der Waals surface area contributed by atoms with Gasteiger partial charge in [0.05, 0.1) is 5.60 Å². The summed E-state index contributed by atoms with van der Waals surface area (Å²) in [6.07, 6.45) is 5.99. The fourth-order valence-electron chi connectivity index (χ4n) is 5.63. The number of sulfonamides is 1. The number of hydrogen-bond acceptors (Lipinski definition) is 5. The summed E-state index contributed by atoms with van der Waals surface area (Å²) in [4.78, 5) is 0. The van der Waals surface area contributed by atoms with E-state index in [0.717, 1.165) is 12.1 Å². The number of hydrogen-bond donors (Lipinski definition) is 1. The number of halogens is 2. The number of benzene rings is 2. The third kappa shape index (κ3) is 4.57. The Morgan fingerprint density at radius 2 is 1.67 bits per heavy atom. The highest BCUT2D eigenvalue weighted by atomic mass is 32.2. The molecule has 5 rings (SSSR count). The number of aliphatic hydroxyl groups is 1. The second-order valence-corrected chi connectivity index (χ2v) is 12.1. The van der Waals surface area contributed by atoms with Crippen molar-refractivity contribution in [2.75, 3.05) is 0 Å². The minimum absolute atomic E-state index is 0.0397. The van der Waals surface area contributed by atoms with E-state index in [9.17, 15) is 13.5 Å². The molecule has 1 aliphatic heterocycles. The van der Waals surface area contributed by atoms with Crippen molar-refractivity contribution in [3.05, 3.63) is 83.4 Å². The predicted octanol–water partition coefficient (Wildman–Crippen LogP) is 4.61. The van der Waals surface area contributed by atoms with E-state index in [0.29, 0.717) is 31.2 Å². The Balaban J connectivity index is 1.37. The van der Waals surface area contributed by atoms with Crippen molar-refractivity contribution in [1.82, 2.24) is 19.1 Å². The Hall–Kier alpha value is -2.69. The SMILES string of the molecule is C[C@H]1CC[C@H](c2ccccc2)S(=O)(=O)N1Cc1cc(F)c([C@]2(O)CC[C@H](n3cnnc3)CC2)cc1F. The highest BCUT2D eigenvalue weighted by molar-refractivity contribution is 7.89. The molecule has 36 heavy (non-hydrogen) atoms. The van der Waals surface area contributed by atoms with Gasteiger partial charge in [-0.3, -0.25) is 0 Å². The van der Waals surface area contributed by atoms with Crippen LogP contribution in [0.5, 0.6) is 0 Å². The Morgan fingerprint density at radius 1 is 1.00 bits per heavy atom. The quantitative estimate of drug-likeness (QED) is 0.535. The molecular formula is C26H30F2N4O3S. The maximum absolute atomic E-state index is 15.3. The molecule has 1 saturated carbocycles. The van der Waals surface area contributed by atoms with Crippen LogP contribution in [-0.2, 0) is 22.2 Å². The van der Waals surface area contributed by atoms with Crippen molar-refractivity contribution < 1.29 is 22.3 Å². The Labute approximate surface area is 209 Å². The lowest BCUT2D eigenvalue weighted by molar-refractivity contribution is -0.0155. The number of aromatic nitrogens is 3. The van der Waals surface area contributed by atoms with Gasteiger partial charge in [-0.25, -0.2) is 17.2 Å². The van der Waals surface area contributed by atoms with Crippen molar-refractivity contribution in [2.24, 2.45) is 0 Å². The average molecular weight is 517 g/mol. The third-order valence-electron chi connectivity index (χ3n) is 7.80. The first-order valence-electron chi connectivity index (χ1n) is 12.3. The van der Waals surface area contributed by atoms with E-state index in [-0.39, 0.29) is 42.6 Å². The fraction of sp³-hybridized carbons (Fsp3) is 0.462. The summed E-state index contributed by atoms with van der Waals surface area (Å²) in [5, 5.41) is 18.1. The summed E-state index contributed by atoms with van der Waals surface area (Å²) in [7, 11) is -3.78. The largest absolute Gasteiger partial charge is 0.385 e. The van der Waals surface area contributed by atoms with Crippen LogP contribution in [0.2, 0.25) is 0 Å². The molecule has 1 saturated heterocycles. The lowest BCUT2D eigenvalue weighted by Gasteiger charge is -2.38. The second kappa shape index (κ2) is 9.64. The number of rotatable bonds is 5. The molecule has 0 amide bonds. The van der Waals surface area contributed by atoms with E-state index in [2.05, 4.69) is 10.2 Å². The summed E-state index contributed by atoms with van der Waals surface area (Å²) in [5.41, 5.74) is -0.915. The van der Waals surface area contributed by atoms with Gasteiger partial charge in [-0.2, -0.15) is 4.31 Å². The first-order valence-corrected chi connectivity index (χ1v) is 13.8. The van der Waals surface area contributed by atoms with Crippen molar-refractivity contribution >= 4 is 10.0 Å². The van der Waals surface area contributed by atoms with Crippen LogP contribution < -0.4 is 0 Å². The molecule has 0 spiro atoms.